The number of hydrogen-bond donors (Lipinski definition) is 1. The number of hydrogen-bond acceptors (Lipinski definition) is 4. The third kappa shape index (κ3) is 2.45. The summed E-state index contributed by atoms with van der Waals surface area (Å²) in [6.45, 7) is 7.71. The topological polar surface area (TPSA) is 51.6 Å². The van der Waals surface area contributed by atoms with Gasteiger partial charge in [0, 0.05) is 19.0 Å². The van der Waals surface area contributed by atoms with Crippen LogP contribution >= 0.6 is 0 Å². The molecule has 2 fully saturated rings. The monoisotopic (exact) mass is 264 g/mol. The highest BCUT2D eigenvalue weighted by molar-refractivity contribution is 5.20. The van der Waals surface area contributed by atoms with E-state index in [1.807, 2.05) is 0 Å². The number of furan rings is 1. The Bertz CT molecular complexity index is 420. The van der Waals surface area contributed by atoms with Crippen molar-refractivity contribution in [2.45, 2.75) is 38.3 Å². The molecule has 4 unspecified atom stereocenters. The van der Waals surface area contributed by atoms with Crippen LogP contribution in [-0.4, -0.2) is 37.2 Å². The molecule has 4 nitrogen and oxygen atoms in total. The first kappa shape index (κ1) is 13.2. The highest BCUT2D eigenvalue weighted by atomic mass is 16.5. The van der Waals surface area contributed by atoms with Crippen molar-refractivity contribution in [3.8, 4) is 0 Å². The fourth-order valence-electron chi connectivity index (χ4n) is 3.15. The lowest BCUT2D eigenvalue weighted by atomic mass is 10.0. The average Bonchev–Trinajstić information content (AvgIpc) is 2.99. The molecule has 1 aromatic rings. The minimum absolute atomic E-state index is 0.0457. The summed E-state index contributed by atoms with van der Waals surface area (Å²) >= 11 is 0. The molecule has 2 aliphatic rings. The summed E-state index contributed by atoms with van der Waals surface area (Å²) in [7, 11) is 0. The molecule has 106 valence electrons. The molecule has 1 saturated heterocycles. The van der Waals surface area contributed by atoms with Crippen LogP contribution in [-0.2, 0) is 4.74 Å². The van der Waals surface area contributed by atoms with Crippen molar-refractivity contribution in [2.75, 3.05) is 26.2 Å². The molecular formula is C15H24N2O2. The number of nitrogens with two attached hydrogens (primary N) is 1. The molecule has 0 radical (unpaired) electrons. The van der Waals surface area contributed by atoms with E-state index in [1.165, 1.54) is 6.42 Å². The minimum Gasteiger partial charge on any atom is -0.464 e. The van der Waals surface area contributed by atoms with Crippen LogP contribution in [0.25, 0.3) is 0 Å². The molecule has 0 amide bonds. The van der Waals surface area contributed by atoms with E-state index in [9.17, 15) is 0 Å². The van der Waals surface area contributed by atoms with Gasteiger partial charge in [-0.2, -0.15) is 0 Å². The Morgan fingerprint density at radius 3 is 2.74 bits per heavy atom. The van der Waals surface area contributed by atoms with Gasteiger partial charge in [-0.25, -0.2) is 0 Å². The first-order valence-electron chi connectivity index (χ1n) is 7.40. The van der Waals surface area contributed by atoms with E-state index in [4.69, 9.17) is 14.9 Å². The van der Waals surface area contributed by atoms with Crippen LogP contribution in [0.5, 0.6) is 0 Å². The van der Waals surface area contributed by atoms with Crippen LogP contribution in [0.1, 0.15) is 43.7 Å². The fourth-order valence-corrected chi connectivity index (χ4v) is 3.15. The molecule has 1 aromatic heterocycles. The molecule has 1 aliphatic heterocycles. The molecule has 2 N–H and O–H groups in total. The van der Waals surface area contributed by atoms with Crippen molar-refractivity contribution >= 4 is 0 Å². The van der Waals surface area contributed by atoms with Crippen molar-refractivity contribution in [3.63, 3.8) is 0 Å². The van der Waals surface area contributed by atoms with Gasteiger partial charge < -0.3 is 14.9 Å². The van der Waals surface area contributed by atoms with Crippen molar-refractivity contribution < 1.29 is 9.15 Å². The second-order valence-electron chi connectivity index (χ2n) is 5.78. The van der Waals surface area contributed by atoms with Gasteiger partial charge in [-0.3, -0.25) is 4.90 Å². The van der Waals surface area contributed by atoms with E-state index >= 15 is 0 Å². The molecular weight excluding hydrogens is 240 g/mol. The molecule has 0 aromatic carbocycles. The van der Waals surface area contributed by atoms with Crippen LogP contribution in [0, 0.1) is 5.92 Å². The van der Waals surface area contributed by atoms with Gasteiger partial charge in [0.1, 0.15) is 11.5 Å². The van der Waals surface area contributed by atoms with Crippen molar-refractivity contribution in [1.29, 1.82) is 0 Å². The Morgan fingerprint density at radius 2 is 2.11 bits per heavy atom. The largest absolute Gasteiger partial charge is 0.464 e. The number of ether oxygens (including phenoxy) is 1. The van der Waals surface area contributed by atoms with Crippen LogP contribution in [0.2, 0.25) is 0 Å². The van der Waals surface area contributed by atoms with Gasteiger partial charge in [-0.1, -0.05) is 13.8 Å². The molecule has 0 bridgehead atoms. The third-order valence-corrected chi connectivity index (χ3v) is 4.51. The van der Waals surface area contributed by atoms with Gasteiger partial charge in [-0.15, -0.1) is 0 Å². The number of nitrogens with zero attached hydrogens (tertiary/aromatic N) is 1. The van der Waals surface area contributed by atoms with Gasteiger partial charge in [0.2, 0.25) is 0 Å². The van der Waals surface area contributed by atoms with Gasteiger partial charge >= 0.3 is 0 Å². The van der Waals surface area contributed by atoms with Crippen LogP contribution < -0.4 is 5.73 Å². The van der Waals surface area contributed by atoms with E-state index in [1.54, 1.807) is 0 Å². The lowest BCUT2D eigenvalue weighted by Gasteiger charge is -2.39. The maximum absolute atomic E-state index is 6.10. The first-order valence-corrected chi connectivity index (χ1v) is 7.40. The molecule has 19 heavy (non-hydrogen) atoms. The van der Waals surface area contributed by atoms with E-state index < -0.39 is 0 Å². The Hall–Kier alpha value is -0.840. The number of morpholine rings is 1. The summed E-state index contributed by atoms with van der Waals surface area (Å²) in [6.07, 6.45) is 1.30. The maximum Gasteiger partial charge on any atom is 0.124 e. The number of likely N-dealkylation sites (N-methyl/N-ethyl adjacent to an activating group) is 1. The zero-order valence-corrected chi connectivity index (χ0v) is 11.8. The normalized spacial score (nSPS) is 35.5. The summed E-state index contributed by atoms with van der Waals surface area (Å²) in [5, 5.41) is 0. The van der Waals surface area contributed by atoms with Gasteiger partial charge in [-0.05, 0) is 31.0 Å². The van der Waals surface area contributed by atoms with E-state index in [0.717, 1.165) is 37.1 Å². The molecule has 1 aliphatic carbocycles. The second-order valence-corrected chi connectivity index (χ2v) is 5.78. The molecule has 0 spiro atoms. The molecule has 4 atom stereocenters. The van der Waals surface area contributed by atoms with E-state index in [-0.39, 0.29) is 12.1 Å². The Balaban J connectivity index is 1.82. The number of rotatable bonds is 4. The summed E-state index contributed by atoms with van der Waals surface area (Å²) < 4.78 is 11.9. The highest BCUT2D eigenvalue weighted by Crippen LogP contribution is 2.48. The summed E-state index contributed by atoms with van der Waals surface area (Å²) in [6, 6.07) is 4.43. The Kier molecular flexibility index (Phi) is 3.65. The van der Waals surface area contributed by atoms with Crippen LogP contribution in [0.4, 0.5) is 0 Å². The van der Waals surface area contributed by atoms with Crippen molar-refractivity contribution in [3.05, 3.63) is 23.7 Å². The van der Waals surface area contributed by atoms with Crippen molar-refractivity contribution in [1.82, 2.24) is 4.90 Å². The first-order chi connectivity index (χ1) is 9.24. The molecule has 3 rings (SSSR count). The zero-order chi connectivity index (χ0) is 13.4. The lowest BCUT2D eigenvalue weighted by Crippen LogP contribution is -2.47. The van der Waals surface area contributed by atoms with E-state index in [0.29, 0.717) is 12.5 Å². The standard InChI is InChI=1S/C15H24N2O2/c1-3-17-6-7-18-14(9-16)15(17)13-5-4-12(19-13)11-8-10(11)2/h4-5,10-11,14-15H,3,6-9,16H2,1-2H3. The van der Waals surface area contributed by atoms with Gasteiger partial charge in [0.15, 0.2) is 0 Å². The predicted molar refractivity (Wildman–Crippen MR) is 74.0 cm³/mol. The fraction of sp³-hybridized carbons (Fsp3) is 0.733. The summed E-state index contributed by atoms with van der Waals surface area (Å²) in [5.74, 6) is 3.56. The van der Waals surface area contributed by atoms with Crippen molar-refractivity contribution in [2.24, 2.45) is 11.7 Å². The molecule has 2 heterocycles. The average molecular weight is 264 g/mol. The highest BCUT2D eigenvalue weighted by Gasteiger charge is 2.39. The Morgan fingerprint density at radius 1 is 1.37 bits per heavy atom. The smallest absolute Gasteiger partial charge is 0.124 e. The second kappa shape index (κ2) is 5.27. The maximum atomic E-state index is 6.10. The molecule has 4 heteroatoms. The van der Waals surface area contributed by atoms with Gasteiger partial charge in [0.25, 0.3) is 0 Å². The lowest BCUT2D eigenvalue weighted by molar-refractivity contribution is -0.0724. The summed E-state index contributed by atoms with van der Waals surface area (Å²) in [5.41, 5.74) is 5.86. The van der Waals surface area contributed by atoms with Crippen LogP contribution in [0.15, 0.2) is 16.5 Å². The van der Waals surface area contributed by atoms with E-state index in [2.05, 4.69) is 30.9 Å². The quantitative estimate of drug-likeness (QED) is 0.905. The minimum atomic E-state index is 0.0457. The van der Waals surface area contributed by atoms with Gasteiger partial charge in [0.05, 0.1) is 18.8 Å². The summed E-state index contributed by atoms with van der Waals surface area (Å²) in [4.78, 5) is 2.40. The predicted octanol–water partition coefficient (Wildman–Crippen LogP) is 2.12. The van der Waals surface area contributed by atoms with Crippen LogP contribution in [0.3, 0.4) is 0 Å². The third-order valence-electron chi connectivity index (χ3n) is 4.51. The zero-order valence-electron chi connectivity index (χ0n) is 11.8. The SMILES string of the molecule is CCN1CCOC(CN)C1c1ccc(C2CC2C)o1. The Labute approximate surface area is 114 Å². The molecule has 1 saturated carbocycles.